The van der Waals surface area contributed by atoms with Crippen LogP contribution in [0.15, 0.2) is 46.9 Å². The summed E-state index contributed by atoms with van der Waals surface area (Å²) < 4.78 is 17.8. The number of hydrogen-bond donors (Lipinski definition) is 4. The Morgan fingerprint density at radius 3 is 2.45 bits per heavy atom. The van der Waals surface area contributed by atoms with Crippen molar-refractivity contribution in [3.63, 3.8) is 0 Å². The molecule has 2 aliphatic rings. The number of aliphatic hydroxyl groups excluding tert-OH is 4. The molecule has 0 aromatic heterocycles. The molecule has 0 aliphatic carbocycles. The second kappa shape index (κ2) is 9.95. The third-order valence-electron chi connectivity index (χ3n) is 5.80. The van der Waals surface area contributed by atoms with E-state index in [1.165, 1.54) is 0 Å². The molecular formula is C23H27BrO7. The molecule has 0 bridgehead atoms. The highest BCUT2D eigenvalue weighted by molar-refractivity contribution is 9.10. The normalized spacial score (nSPS) is 31.0. The van der Waals surface area contributed by atoms with Gasteiger partial charge in [0.05, 0.1) is 19.8 Å². The summed E-state index contributed by atoms with van der Waals surface area (Å²) in [5.41, 5.74) is 2.73. The van der Waals surface area contributed by atoms with Crippen molar-refractivity contribution in [2.24, 2.45) is 0 Å². The lowest BCUT2D eigenvalue weighted by atomic mass is 9.90. The molecule has 31 heavy (non-hydrogen) atoms. The summed E-state index contributed by atoms with van der Waals surface area (Å²) >= 11 is 3.58. The van der Waals surface area contributed by atoms with E-state index in [2.05, 4.69) is 15.9 Å². The molecule has 1 unspecified atom stereocenters. The summed E-state index contributed by atoms with van der Waals surface area (Å²) in [4.78, 5) is 0. The lowest BCUT2D eigenvalue weighted by molar-refractivity contribution is -0.231. The Morgan fingerprint density at radius 2 is 1.77 bits per heavy atom. The lowest BCUT2D eigenvalue weighted by Crippen LogP contribution is -2.55. The summed E-state index contributed by atoms with van der Waals surface area (Å²) in [5.74, 6) is 0.813. The van der Waals surface area contributed by atoms with E-state index in [0.29, 0.717) is 18.6 Å². The Kier molecular flexibility index (Phi) is 7.28. The van der Waals surface area contributed by atoms with Gasteiger partial charge in [-0.2, -0.15) is 0 Å². The van der Waals surface area contributed by atoms with Crippen molar-refractivity contribution >= 4 is 15.9 Å². The van der Waals surface area contributed by atoms with E-state index in [0.717, 1.165) is 34.4 Å². The van der Waals surface area contributed by atoms with Gasteiger partial charge in [-0.15, -0.1) is 0 Å². The van der Waals surface area contributed by atoms with Crippen LogP contribution in [-0.4, -0.2) is 70.8 Å². The number of aliphatic hydroxyl groups is 4. The van der Waals surface area contributed by atoms with Gasteiger partial charge in [-0.05, 0) is 41.3 Å². The number of rotatable bonds is 6. The van der Waals surface area contributed by atoms with Gasteiger partial charge in [0.25, 0.3) is 0 Å². The highest BCUT2D eigenvalue weighted by Crippen LogP contribution is 2.34. The maximum Gasteiger partial charge on any atom is 0.124 e. The third-order valence-corrected chi connectivity index (χ3v) is 6.57. The number of benzene rings is 2. The van der Waals surface area contributed by atoms with Crippen LogP contribution in [0.3, 0.4) is 0 Å². The van der Waals surface area contributed by atoms with Crippen molar-refractivity contribution < 1.29 is 34.6 Å². The van der Waals surface area contributed by atoms with Gasteiger partial charge in [0.2, 0.25) is 0 Å². The van der Waals surface area contributed by atoms with Crippen molar-refractivity contribution in [3.05, 3.63) is 63.6 Å². The van der Waals surface area contributed by atoms with Crippen molar-refractivity contribution in [2.45, 2.75) is 49.5 Å². The zero-order valence-electron chi connectivity index (χ0n) is 16.9. The van der Waals surface area contributed by atoms with Gasteiger partial charge < -0.3 is 34.6 Å². The van der Waals surface area contributed by atoms with Crippen LogP contribution in [0, 0.1) is 0 Å². The molecule has 2 saturated heterocycles. The smallest absolute Gasteiger partial charge is 0.124 e. The Hall–Kier alpha value is -1.52. The van der Waals surface area contributed by atoms with Crippen molar-refractivity contribution in [2.75, 3.05) is 19.8 Å². The van der Waals surface area contributed by atoms with Crippen LogP contribution in [0.4, 0.5) is 0 Å². The number of ether oxygens (including phenoxy) is 3. The monoisotopic (exact) mass is 494 g/mol. The van der Waals surface area contributed by atoms with Gasteiger partial charge >= 0.3 is 0 Å². The second-order valence-electron chi connectivity index (χ2n) is 8.02. The van der Waals surface area contributed by atoms with Crippen LogP contribution < -0.4 is 4.74 Å². The van der Waals surface area contributed by atoms with E-state index in [1.54, 1.807) is 6.07 Å². The van der Waals surface area contributed by atoms with Crippen LogP contribution >= 0.6 is 15.9 Å². The Bertz CT molecular complexity index is 867. The van der Waals surface area contributed by atoms with Crippen molar-refractivity contribution in [1.29, 1.82) is 0 Å². The molecule has 4 rings (SSSR count). The molecule has 2 aromatic rings. The van der Waals surface area contributed by atoms with E-state index in [-0.39, 0.29) is 6.10 Å². The van der Waals surface area contributed by atoms with Gasteiger partial charge in [-0.1, -0.05) is 40.2 Å². The Labute approximate surface area is 189 Å². The predicted molar refractivity (Wildman–Crippen MR) is 116 cm³/mol. The number of hydrogen-bond acceptors (Lipinski definition) is 7. The van der Waals surface area contributed by atoms with E-state index in [4.69, 9.17) is 14.2 Å². The molecule has 4 N–H and O–H groups in total. The highest BCUT2D eigenvalue weighted by atomic mass is 79.9. The zero-order valence-corrected chi connectivity index (χ0v) is 18.5. The first-order valence-electron chi connectivity index (χ1n) is 10.4. The summed E-state index contributed by atoms with van der Waals surface area (Å²) in [5, 5.41) is 40.0. The van der Waals surface area contributed by atoms with Gasteiger partial charge in [0.15, 0.2) is 0 Å². The molecule has 0 spiro atoms. The average molecular weight is 495 g/mol. The van der Waals surface area contributed by atoms with Gasteiger partial charge in [0.1, 0.15) is 42.4 Å². The molecule has 6 atom stereocenters. The molecule has 7 nitrogen and oxygen atoms in total. The standard InChI is InChI=1S/C23H27BrO7/c24-18-6-3-14(23-22(28)21(27)20(26)19(11-25)31-23)10-15(18)9-13-1-4-16(5-2-13)30-17-7-8-29-12-17/h1-6,10,17,19-23,25-28H,7-9,11-12H2/t17?,19-,20-,21+,22-,23-/m1/s1. The summed E-state index contributed by atoms with van der Waals surface area (Å²) in [7, 11) is 0. The SMILES string of the molecule is OC[C@H]1O[C@H](c2ccc(Br)c(Cc3ccc(OC4CCOC4)cc3)c2)[C@H](O)[C@@H](O)[C@@H]1O. The van der Waals surface area contributed by atoms with Crippen LogP contribution in [-0.2, 0) is 15.9 Å². The largest absolute Gasteiger partial charge is 0.488 e. The molecule has 168 valence electrons. The summed E-state index contributed by atoms with van der Waals surface area (Å²) in [6.45, 7) is 0.910. The average Bonchev–Trinajstić information content (AvgIpc) is 3.28. The molecule has 0 saturated carbocycles. The molecule has 2 fully saturated rings. The van der Waals surface area contributed by atoms with Gasteiger partial charge in [-0.3, -0.25) is 0 Å². The second-order valence-corrected chi connectivity index (χ2v) is 8.88. The fourth-order valence-electron chi connectivity index (χ4n) is 3.99. The molecular weight excluding hydrogens is 468 g/mol. The van der Waals surface area contributed by atoms with Crippen molar-refractivity contribution in [3.8, 4) is 5.75 Å². The Balaban J connectivity index is 1.49. The third kappa shape index (κ3) is 5.12. The molecule has 2 aromatic carbocycles. The topological polar surface area (TPSA) is 109 Å². The maximum atomic E-state index is 10.4. The van der Waals surface area contributed by atoms with E-state index in [9.17, 15) is 20.4 Å². The molecule has 0 amide bonds. The summed E-state index contributed by atoms with van der Waals surface area (Å²) in [6, 6.07) is 13.5. The van der Waals surface area contributed by atoms with E-state index >= 15 is 0 Å². The quantitative estimate of drug-likeness (QED) is 0.484. The van der Waals surface area contributed by atoms with E-state index in [1.807, 2.05) is 36.4 Å². The first kappa shape index (κ1) is 22.7. The zero-order chi connectivity index (χ0) is 22.0. The van der Waals surface area contributed by atoms with Crippen LogP contribution in [0.25, 0.3) is 0 Å². The fourth-order valence-corrected chi connectivity index (χ4v) is 4.38. The fraction of sp³-hybridized carbons (Fsp3) is 0.478. The van der Waals surface area contributed by atoms with Crippen molar-refractivity contribution in [1.82, 2.24) is 0 Å². The van der Waals surface area contributed by atoms with E-state index < -0.39 is 37.1 Å². The minimum atomic E-state index is -1.40. The minimum absolute atomic E-state index is 0.107. The predicted octanol–water partition coefficient (Wildman–Crippen LogP) is 1.72. The maximum absolute atomic E-state index is 10.4. The van der Waals surface area contributed by atoms with Crippen LogP contribution in [0.5, 0.6) is 5.75 Å². The Morgan fingerprint density at radius 1 is 1.00 bits per heavy atom. The molecule has 2 heterocycles. The lowest BCUT2D eigenvalue weighted by Gasteiger charge is -2.40. The number of halogens is 1. The first-order chi connectivity index (χ1) is 15.0. The van der Waals surface area contributed by atoms with Gasteiger partial charge in [0, 0.05) is 10.9 Å². The molecule has 0 radical (unpaired) electrons. The molecule has 2 aliphatic heterocycles. The van der Waals surface area contributed by atoms with Crippen LogP contribution in [0.2, 0.25) is 0 Å². The van der Waals surface area contributed by atoms with Crippen LogP contribution in [0.1, 0.15) is 29.2 Å². The van der Waals surface area contributed by atoms with Gasteiger partial charge in [-0.25, -0.2) is 0 Å². The summed E-state index contributed by atoms with van der Waals surface area (Å²) in [6.07, 6.45) is -4.22. The first-order valence-corrected chi connectivity index (χ1v) is 11.2. The minimum Gasteiger partial charge on any atom is -0.488 e. The molecule has 8 heteroatoms. The highest BCUT2D eigenvalue weighted by Gasteiger charge is 2.44.